The van der Waals surface area contributed by atoms with Gasteiger partial charge in [-0.15, -0.1) is 0 Å². The van der Waals surface area contributed by atoms with Crippen LogP contribution in [0.2, 0.25) is 0 Å². The predicted octanol–water partition coefficient (Wildman–Crippen LogP) is 1.34. The Morgan fingerprint density at radius 2 is 2.14 bits per heavy atom. The fourth-order valence-electron chi connectivity index (χ4n) is 1.07. The average Bonchev–Trinajstić information content (AvgIpc) is 2.20. The van der Waals surface area contributed by atoms with Crippen LogP contribution in [0, 0.1) is 5.82 Å². The van der Waals surface area contributed by atoms with Crippen molar-refractivity contribution in [3.63, 3.8) is 0 Å². The first-order chi connectivity index (χ1) is 6.79. The molecule has 0 amide bonds. The average molecular weight is 200 g/mol. The Morgan fingerprint density at radius 3 is 2.79 bits per heavy atom. The number of hydrogen-bond acceptors (Lipinski definition) is 3. The molecule has 3 nitrogen and oxygen atoms in total. The number of benzene rings is 1. The summed E-state index contributed by atoms with van der Waals surface area (Å²) in [4.78, 5) is 0. The van der Waals surface area contributed by atoms with E-state index >= 15 is 0 Å². The van der Waals surface area contributed by atoms with Gasteiger partial charge in [-0.05, 0) is 6.07 Å². The number of halogens is 1. The van der Waals surface area contributed by atoms with Crippen molar-refractivity contribution in [2.75, 3.05) is 20.3 Å². The molecule has 1 aromatic carbocycles. The second kappa shape index (κ2) is 5.57. The van der Waals surface area contributed by atoms with Crippen molar-refractivity contribution in [2.45, 2.75) is 6.61 Å². The van der Waals surface area contributed by atoms with Crippen LogP contribution in [0.15, 0.2) is 18.2 Å². The van der Waals surface area contributed by atoms with E-state index in [0.29, 0.717) is 12.2 Å². The van der Waals surface area contributed by atoms with Crippen LogP contribution in [0.3, 0.4) is 0 Å². The molecule has 0 fully saturated rings. The van der Waals surface area contributed by atoms with E-state index in [0.717, 1.165) is 0 Å². The molecule has 1 rings (SSSR count). The van der Waals surface area contributed by atoms with Crippen molar-refractivity contribution in [3.05, 3.63) is 29.6 Å². The van der Waals surface area contributed by atoms with Crippen LogP contribution < -0.4 is 4.74 Å². The molecule has 0 atom stereocenters. The zero-order valence-electron chi connectivity index (χ0n) is 8.00. The molecule has 0 unspecified atom stereocenters. The van der Waals surface area contributed by atoms with Crippen LogP contribution in [0.4, 0.5) is 4.39 Å². The van der Waals surface area contributed by atoms with Crippen molar-refractivity contribution in [3.8, 4) is 5.75 Å². The van der Waals surface area contributed by atoms with Gasteiger partial charge in [0.25, 0.3) is 0 Å². The molecule has 14 heavy (non-hydrogen) atoms. The van der Waals surface area contributed by atoms with E-state index in [4.69, 9.17) is 14.6 Å². The summed E-state index contributed by atoms with van der Waals surface area (Å²) < 4.78 is 23.1. The minimum absolute atomic E-state index is 0.104. The molecular weight excluding hydrogens is 187 g/mol. The Balaban J connectivity index is 2.72. The first-order valence-electron chi connectivity index (χ1n) is 4.29. The highest BCUT2D eigenvalue weighted by atomic mass is 19.1. The molecule has 1 N–H and O–H groups in total. The lowest BCUT2D eigenvalue weighted by Crippen LogP contribution is -2.07. The largest absolute Gasteiger partial charge is 0.488 e. The van der Waals surface area contributed by atoms with Crippen LogP contribution in [-0.2, 0) is 11.3 Å². The molecule has 0 aliphatic rings. The van der Waals surface area contributed by atoms with E-state index in [2.05, 4.69) is 0 Å². The normalized spacial score (nSPS) is 10.2. The SMILES string of the molecule is COCCOc1c(F)cccc1CO. The summed E-state index contributed by atoms with van der Waals surface area (Å²) >= 11 is 0. The summed E-state index contributed by atoms with van der Waals surface area (Å²) in [5, 5.41) is 8.92. The summed E-state index contributed by atoms with van der Waals surface area (Å²) in [5.74, 6) is -0.361. The first-order valence-corrected chi connectivity index (χ1v) is 4.29. The van der Waals surface area contributed by atoms with Crippen molar-refractivity contribution in [2.24, 2.45) is 0 Å². The third-order valence-electron chi connectivity index (χ3n) is 1.75. The molecule has 0 radical (unpaired) electrons. The zero-order chi connectivity index (χ0) is 10.4. The number of hydrogen-bond donors (Lipinski definition) is 1. The van der Waals surface area contributed by atoms with E-state index in [1.165, 1.54) is 19.2 Å². The summed E-state index contributed by atoms with van der Waals surface area (Å²) in [6.07, 6.45) is 0. The van der Waals surface area contributed by atoms with Gasteiger partial charge in [-0.3, -0.25) is 0 Å². The van der Waals surface area contributed by atoms with Crippen LogP contribution in [0.25, 0.3) is 0 Å². The summed E-state index contributed by atoms with van der Waals surface area (Å²) in [6.45, 7) is 0.420. The number of aliphatic hydroxyl groups is 1. The van der Waals surface area contributed by atoms with E-state index in [1.807, 2.05) is 0 Å². The predicted molar refractivity (Wildman–Crippen MR) is 49.7 cm³/mol. The van der Waals surface area contributed by atoms with Gasteiger partial charge in [0, 0.05) is 12.7 Å². The summed E-state index contributed by atoms with van der Waals surface area (Å²) in [7, 11) is 1.54. The van der Waals surface area contributed by atoms with Gasteiger partial charge in [-0.25, -0.2) is 4.39 Å². The molecule has 78 valence electrons. The second-order valence-electron chi connectivity index (χ2n) is 2.73. The highest BCUT2D eigenvalue weighted by Gasteiger charge is 2.08. The zero-order valence-corrected chi connectivity index (χ0v) is 8.00. The van der Waals surface area contributed by atoms with Crippen LogP contribution in [-0.4, -0.2) is 25.4 Å². The number of methoxy groups -OCH3 is 1. The van der Waals surface area contributed by atoms with Gasteiger partial charge >= 0.3 is 0 Å². The molecule has 0 saturated heterocycles. The quantitative estimate of drug-likeness (QED) is 0.729. The van der Waals surface area contributed by atoms with Crippen molar-refractivity contribution in [1.82, 2.24) is 0 Å². The topological polar surface area (TPSA) is 38.7 Å². The maximum absolute atomic E-state index is 13.2. The summed E-state index contributed by atoms with van der Waals surface area (Å²) in [6, 6.07) is 4.44. The Kier molecular flexibility index (Phi) is 4.35. The minimum atomic E-state index is -0.465. The number of aliphatic hydroxyl groups excluding tert-OH is 1. The van der Waals surface area contributed by atoms with Crippen LogP contribution in [0.5, 0.6) is 5.75 Å². The highest BCUT2D eigenvalue weighted by molar-refractivity contribution is 5.34. The Hall–Kier alpha value is -1.13. The van der Waals surface area contributed by atoms with Crippen LogP contribution >= 0.6 is 0 Å². The molecule has 0 aliphatic carbocycles. The third kappa shape index (κ3) is 2.68. The van der Waals surface area contributed by atoms with E-state index in [1.54, 1.807) is 6.07 Å². The van der Waals surface area contributed by atoms with E-state index in [9.17, 15) is 4.39 Å². The summed E-state index contributed by atoms with van der Waals surface area (Å²) in [5.41, 5.74) is 0.445. The monoisotopic (exact) mass is 200 g/mol. The smallest absolute Gasteiger partial charge is 0.165 e. The lowest BCUT2D eigenvalue weighted by Gasteiger charge is -2.10. The maximum Gasteiger partial charge on any atom is 0.165 e. The van der Waals surface area contributed by atoms with Gasteiger partial charge in [0.1, 0.15) is 6.61 Å². The standard InChI is InChI=1S/C10H13FO3/c1-13-5-6-14-10-8(7-12)3-2-4-9(10)11/h2-4,12H,5-7H2,1H3. The van der Waals surface area contributed by atoms with Gasteiger partial charge < -0.3 is 14.6 Å². The molecule has 0 heterocycles. The molecule has 4 heteroatoms. The Morgan fingerprint density at radius 1 is 1.36 bits per heavy atom. The van der Waals surface area contributed by atoms with Gasteiger partial charge in [0.15, 0.2) is 11.6 Å². The van der Waals surface area contributed by atoms with E-state index in [-0.39, 0.29) is 19.0 Å². The van der Waals surface area contributed by atoms with Gasteiger partial charge in [-0.1, -0.05) is 12.1 Å². The van der Waals surface area contributed by atoms with Crippen molar-refractivity contribution in [1.29, 1.82) is 0 Å². The number of rotatable bonds is 5. The molecular formula is C10H13FO3. The maximum atomic E-state index is 13.2. The first kappa shape index (κ1) is 10.9. The van der Waals surface area contributed by atoms with Gasteiger partial charge in [-0.2, -0.15) is 0 Å². The Labute approximate surface area is 82.1 Å². The van der Waals surface area contributed by atoms with Crippen molar-refractivity contribution < 1.29 is 19.0 Å². The van der Waals surface area contributed by atoms with Crippen LogP contribution in [0.1, 0.15) is 5.56 Å². The molecule has 0 aliphatic heterocycles. The number of ether oxygens (including phenoxy) is 2. The van der Waals surface area contributed by atoms with E-state index < -0.39 is 5.82 Å². The molecule has 0 aromatic heterocycles. The molecule has 1 aromatic rings. The lowest BCUT2D eigenvalue weighted by atomic mass is 10.2. The lowest BCUT2D eigenvalue weighted by molar-refractivity contribution is 0.141. The molecule has 0 spiro atoms. The van der Waals surface area contributed by atoms with Gasteiger partial charge in [0.2, 0.25) is 0 Å². The molecule has 0 bridgehead atoms. The Bertz CT molecular complexity index is 289. The van der Waals surface area contributed by atoms with Gasteiger partial charge in [0.05, 0.1) is 13.2 Å². The fourth-order valence-corrected chi connectivity index (χ4v) is 1.07. The minimum Gasteiger partial charge on any atom is -0.488 e. The second-order valence-corrected chi connectivity index (χ2v) is 2.73. The third-order valence-corrected chi connectivity index (χ3v) is 1.75. The van der Waals surface area contributed by atoms with Crippen molar-refractivity contribution >= 4 is 0 Å². The fraction of sp³-hybridized carbons (Fsp3) is 0.400. The highest BCUT2D eigenvalue weighted by Crippen LogP contribution is 2.22. The number of para-hydroxylation sites is 1. The molecule has 0 saturated carbocycles.